The number of rotatable bonds is 3. The van der Waals surface area contributed by atoms with Crippen molar-refractivity contribution in [1.29, 1.82) is 0 Å². The monoisotopic (exact) mass is 299 g/mol. The molecule has 1 rings (SSSR count). The molecule has 1 amide bonds. The minimum Gasteiger partial charge on any atom is -0.469 e. The van der Waals surface area contributed by atoms with Gasteiger partial charge in [0.2, 0.25) is 5.91 Å². The number of esters is 1. The number of aryl methyl sites for hydroxylation is 1. The second-order valence-electron chi connectivity index (χ2n) is 3.64. The molecule has 0 N–H and O–H groups in total. The molecule has 0 heterocycles. The van der Waals surface area contributed by atoms with Crippen molar-refractivity contribution in [2.45, 2.75) is 13.3 Å². The van der Waals surface area contributed by atoms with Gasteiger partial charge in [-0.3, -0.25) is 9.59 Å². The van der Waals surface area contributed by atoms with Gasteiger partial charge in [-0.2, -0.15) is 0 Å². The van der Waals surface area contributed by atoms with Crippen molar-refractivity contribution in [2.24, 2.45) is 0 Å². The Morgan fingerprint density at radius 1 is 1.41 bits per heavy atom. The third-order valence-corrected chi connectivity index (χ3v) is 2.92. The first-order chi connectivity index (χ1) is 7.95. The average Bonchev–Trinajstić information content (AvgIpc) is 2.31. The molecule has 0 aromatic heterocycles. The number of carbonyl (C=O) groups is 2. The van der Waals surface area contributed by atoms with Gasteiger partial charge in [-0.25, -0.2) is 0 Å². The lowest BCUT2D eigenvalue weighted by molar-refractivity contribution is -0.143. The molecule has 0 saturated heterocycles. The molecule has 0 aliphatic heterocycles. The number of anilines is 1. The lowest BCUT2D eigenvalue weighted by Gasteiger charge is -2.19. The van der Waals surface area contributed by atoms with Gasteiger partial charge in [-0.15, -0.1) is 0 Å². The zero-order valence-electron chi connectivity index (χ0n) is 9.99. The van der Waals surface area contributed by atoms with E-state index < -0.39 is 5.97 Å². The maximum absolute atomic E-state index is 11.8. The van der Waals surface area contributed by atoms with E-state index in [4.69, 9.17) is 0 Å². The molecule has 0 aliphatic rings. The Kier molecular flexibility index (Phi) is 4.69. The van der Waals surface area contributed by atoms with Crippen molar-refractivity contribution in [3.8, 4) is 0 Å². The van der Waals surface area contributed by atoms with E-state index in [2.05, 4.69) is 20.7 Å². The lowest BCUT2D eigenvalue weighted by atomic mass is 10.2. The summed E-state index contributed by atoms with van der Waals surface area (Å²) in [6.45, 7) is 1.91. The second kappa shape index (κ2) is 5.82. The maximum atomic E-state index is 11.8. The van der Waals surface area contributed by atoms with E-state index >= 15 is 0 Å². The van der Waals surface area contributed by atoms with Crippen LogP contribution in [0, 0.1) is 6.92 Å². The Balaban J connectivity index is 2.88. The molecule has 0 unspecified atom stereocenters. The quantitative estimate of drug-likeness (QED) is 0.635. The van der Waals surface area contributed by atoms with Crippen molar-refractivity contribution in [3.05, 3.63) is 28.2 Å². The first-order valence-electron chi connectivity index (χ1n) is 5.05. The molecule has 17 heavy (non-hydrogen) atoms. The summed E-state index contributed by atoms with van der Waals surface area (Å²) in [5.41, 5.74) is 1.74. The summed E-state index contributed by atoms with van der Waals surface area (Å²) in [6.07, 6.45) is -0.251. The van der Waals surface area contributed by atoms with Gasteiger partial charge < -0.3 is 9.64 Å². The minimum atomic E-state index is -0.533. The highest BCUT2D eigenvalue weighted by Crippen LogP contribution is 2.24. The molecule has 0 radical (unpaired) electrons. The molecule has 1 aromatic rings. The molecule has 0 saturated carbocycles. The molecule has 1 aromatic carbocycles. The van der Waals surface area contributed by atoms with Crippen molar-refractivity contribution >= 4 is 33.5 Å². The molecule has 4 nitrogen and oxygen atoms in total. The topological polar surface area (TPSA) is 46.6 Å². The van der Waals surface area contributed by atoms with E-state index in [1.165, 1.54) is 12.0 Å². The number of carbonyl (C=O) groups excluding carboxylic acids is 2. The van der Waals surface area contributed by atoms with E-state index in [9.17, 15) is 9.59 Å². The minimum absolute atomic E-state index is 0.251. The van der Waals surface area contributed by atoms with Gasteiger partial charge in [0.05, 0.1) is 7.11 Å². The Bertz CT molecular complexity index is 445. The maximum Gasteiger partial charge on any atom is 0.315 e. The normalized spacial score (nSPS) is 9.88. The first kappa shape index (κ1) is 13.7. The Morgan fingerprint density at radius 3 is 2.65 bits per heavy atom. The predicted molar refractivity (Wildman–Crippen MR) is 68.9 cm³/mol. The van der Waals surface area contributed by atoms with E-state index in [-0.39, 0.29) is 12.3 Å². The third kappa shape index (κ3) is 3.56. The number of methoxy groups -OCH3 is 1. The average molecular weight is 300 g/mol. The molecule has 0 aliphatic carbocycles. The molecular formula is C12H14BrNO3. The lowest BCUT2D eigenvalue weighted by Crippen LogP contribution is -2.29. The Labute approximate surface area is 109 Å². The largest absolute Gasteiger partial charge is 0.469 e. The summed E-state index contributed by atoms with van der Waals surface area (Å²) in [5, 5.41) is 0. The van der Waals surface area contributed by atoms with Crippen LogP contribution >= 0.6 is 15.9 Å². The number of amides is 1. The summed E-state index contributed by atoms with van der Waals surface area (Å²) in [5.74, 6) is -0.826. The number of nitrogens with zero attached hydrogens (tertiary/aromatic N) is 1. The van der Waals surface area contributed by atoms with Crippen LogP contribution in [-0.2, 0) is 14.3 Å². The van der Waals surface area contributed by atoms with Crippen LogP contribution in [0.5, 0.6) is 0 Å². The number of ether oxygens (including phenoxy) is 1. The van der Waals surface area contributed by atoms with Crippen LogP contribution < -0.4 is 4.90 Å². The fourth-order valence-electron chi connectivity index (χ4n) is 1.39. The van der Waals surface area contributed by atoms with Gasteiger partial charge in [0, 0.05) is 17.2 Å². The SMILES string of the molecule is COC(=O)CC(=O)N(C)c1cc(Br)ccc1C. The molecule has 5 heteroatoms. The molecule has 92 valence electrons. The smallest absolute Gasteiger partial charge is 0.315 e. The predicted octanol–water partition coefficient (Wildman–Crippen LogP) is 2.28. The second-order valence-corrected chi connectivity index (χ2v) is 4.55. The summed E-state index contributed by atoms with van der Waals surface area (Å²) in [6, 6.07) is 5.64. The van der Waals surface area contributed by atoms with Crippen LogP contribution in [-0.4, -0.2) is 26.0 Å². The van der Waals surface area contributed by atoms with Gasteiger partial charge in [0.15, 0.2) is 0 Å². The zero-order chi connectivity index (χ0) is 13.0. The zero-order valence-corrected chi connectivity index (χ0v) is 11.6. The van der Waals surface area contributed by atoms with Crippen molar-refractivity contribution in [2.75, 3.05) is 19.1 Å². The van der Waals surface area contributed by atoms with Crippen LogP contribution in [0.2, 0.25) is 0 Å². The van der Waals surface area contributed by atoms with Gasteiger partial charge >= 0.3 is 5.97 Å². The van der Waals surface area contributed by atoms with E-state index in [0.29, 0.717) is 0 Å². The van der Waals surface area contributed by atoms with Gasteiger partial charge in [-0.05, 0) is 24.6 Å². The van der Waals surface area contributed by atoms with Crippen molar-refractivity contribution in [3.63, 3.8) is 0 Å². The standard InChI is InChI=1S/C12H14BrNO3/c1-8-4-5-9(13)6-10(8)14(2)11(15)7-12(16)17-3/h4-6H,7H2,1-3H3. The molecule has 0 spiro atoms. The summed E-state index contributed by atoms with van der Waals surface area (Å²) in [4.78, 5) is 24.3. The van der Waals surface area contributed by atoms with Gasteiger partial charge in [-0.1, -0.05) is 22.0 Å². The van der Waals surface area contributed by atoms with Gasteiger partial charge in [0.1, 0.15) is 6.42 Å². The van der Waals surface area contributed by atoms with Crippen LogP contribution in [0.25, 0.3) is 0 Å². The number of hydrogen-bond donors (Lipinski definition) is 0. The highest BCUT2D eigenvalue weighted by atomic mass is 79.9. The summed E-state index contributed by atoms with van der Waals surface area (Å²) >= 11 is 3.35. The third-order valence-electron chi connectivity index (χ3n) is 2.43. The van der Waals surface area contributed by atoms with E-state index in [1.807, 2.05) is 25.1 Å². The molecule has 0 fully saturated rings. The van der Waals surface area contributed by atoms with Crippen molar-refractivity contribution < 1.29 is 14.3 Å². The highest BCUT2D eigenvalue weighted by Gasteiger charge is 2.17. The number of halogens is 1. The first-order valence-corrected chi connectivity index (χ1v) is 5.84. The van der Waals surface area contributed by atoms with E-state index in [0.717, 1.165) is 15.7 Å². The van der Waals surface area contributed by atoms with Crippen LogP contribution in [0.1, 0.15) is 12.0 Å². The molecular weight excluding hydrogens is 286 g/mol. The van der Waals surface area contributed by atoms with Crippen molar-refractivity contribution in [1.82, 2.24) is 0 Å². The highest BCUT2D eigenvalue weighted by molar-refractivity contribution is 9.10. The van der Waals surface area contributed by atoms with Crippen LogP contribution in [0.15, 0.2) is 22.7 Å². The molecule has 0 bridgehead atoms. The Hall–Kier alpha value is -1.36. The van der Waals surface area contributed by atoms with Crippen LogP contribution in [0.3, 0.4) is 0 Å². The van der Waals surface area contributed by atoms with Gasteiger partial charge in [0.25, 0.3) is 0 Å². The number of hydrogen-bond acceptors (Lipinski definition) is 3. The Morgan fingerprint density at radius 2 is 2.06 bits per heavy atom. The molecule has 0 atom stereocenters. The summed E-state index contributed by atoms with van der Waals surface area (Å²) < 4.78 is 5.35. The fraction of sp³-hybridized carbons (Fsp3) is 0.333. The fourth-order valence-corrected chi connectivity index (χ4v) is 1.74. The summed E-state index contributed by atoms with van der Waals surface area (Å²) in [7, 11) is 2.90. The van der Waals surface area contributed by atoms with E-state index in [1.54, 1.807) is 7.05 Å². The number of benzene rings is 1. The van der Waals surface area contributed by atoms with Crippen LogP contribution in [0.4, 0.5) is 5.69 Å².